The summed E-state index contributed by atoms with van der Waals surface area (Å²) in [6.45, 7) is 6.40. The number of anilines is 1. The third-order valence-corrected chi connectivity index (χ3v) is 2.60. The van der Waals surface area contributed by atoms with Crippen molar-refractivity contribution >= 4 is 5.69 Å². The molecule has 0 saturated carbocycles. The Morgan fingerprint density at radius 1 is 1.43 bits per heavy atom. The molecule has 0 aromatic heterocycles. The van der Waals surface area contributed by atoms with Crippen LogP contribution in [-0.4, -0.2) is 12.6 Å². The molecule has 14 heavy (non-hydrogen) atoms. The summed E-state index contributed by atoms with van der Waals surface area (Å²) in [5.41, 5.74) is 4.15. The highest BCUT2D eigenvalue weighted by Gasteiger charge is 2.09. The summed E-state index contributed by atoms with van der Waals surface area (Å²) >= 11 is 0. The van der Waals surface area contributed by atoms with E-state index in [1.54, 1.807) is 0 Å². The summed E-state index contributed by atoms with van der Waals surface area (Å²) in [5.74, 6) is 0. The second-order valence-electron chi connectivity index (χ2n) is 4.20. The molecule has 0 amide bonds. The lowest BCUT2D eigenvalue weighted by Crippen LogP contribution is -2.21. The third-order valence-electron chi connectivity index (χ3n) is 2.60. The maximum Gasteiger partial charge on any atom is 0.0376 e. The molecule has 1 aliphatic heterocycles. The van der Waals surface area contributed by atoms with Crippen molar-refractivity contribution in [1.29, 1.82) is 0 Å². The van der Waals surface area contributed by atoms with Gasteiger partial charge in [-0.15, -0.1) is 0 Å². The van der Waals surface area contributed by atoms with E-state index in [1.807, 2.05) is 0 Å². The summed E-state index contributed by atoms with van der Waals surface area (Å²) in [4.78, 5) is 0. The van der Waals surface area contributed by atoms with Crippen molar-refractivity contribution in [2.24, 2.45) is 0 Å². The lowest BCUT2D eigenvalue weighted by atomic mass is 10.1. The highest BCUT2D eigenvalue weighted by Crippen LogP contribution is 2.22. The molecule has 0 saturated heterocycles. The standard InChI is InChI=1S/C12H18N2/c1-9(2)14-8-10-3-4-11-5-6-13-12(11)7-10/h3-4,7,9,13-14H,5-6,8H2,1-2H3. The van der Waals surface area contributed by atoms with Crippen molar-refractivity contribution in [3.8, 4) is 0 Å². The molecule has 2 N–H and O–H groups in total. The first-order valence-corrected chi connectivity index (χ1v) is 5.35. The van der Waals surface area contributed by atoms with Crippen LogP contribution >= 0.6 is 0 Å². The molecule has 76 valence electrons. The predicted molar refractivity (Wildman–Crippen MR) is 60.6 cm³/mol. The molecule has 0 spiro atoms. The van der Waals surface area contributed by atoms with E-state index in [0.29, 0.717) is 6.04 Å². The van der Waals surface area contributed by atoms with Gasteiger partial charge in [-0.2, -0.15) is 0 Å². The molecule has 0 fully saturated rings. The number of fused-ring (bicyclic) bond motifs is 1. The van der Waals surface area contributed by atoms with Gasteiger partial charge >= 0.3 is 0 Å². The Labute approximate surface area is 85.7 Å². The van der Waals surface area contributed by atoms with Crippen LogP contribution in [0, 0.1) is 0 Å². The first-order chi connectivity index (χ1) is 6.75. The van der Waals surface area contributed by atoms with Crippen molar-refractivity contribution in [3.63, 3.8) is 0 Å². The molecule has 1 heterocycles. The summed E-state index contributed by atoms with van der Waals surface area (Å²) in [5, 5.41) is 6.83. The highest BCUT2D eigenvalue weighted by atomic mass is 14.9. The normalized spacial score (nSPS) is 14.2. The van der Waals surface area contributed by atoms with Gasteiger partial charge in [0.25, 0.3) is 0 Å². The average molecular weight is 190 g/mol. The van der Waals surface area contributed by atoms with Crippen molar-refractivity contribution in [2.45, 2.75) is 32.9 Å². The lowest BCUT2D eigenvalue weighted by molar-refractivity contribution is 0.589. The van der Waals surface area contributed by atoms with E-state index >= 15 is 0 Å². The van der Waals surface area contributed by atoms with Crippen molar-refractivity contribution in [3.05, 3.63) is 29.3 Å². The van der Waals surface area contributed by atoms with Crippen molar-refractivity contribution in [2.75, 3.05) is 11.9 Å². The number of hydrogen-bond donors (Lipinski definition) is 2. The minimum Gasteiger partial charge on any atom is -0.384 e. The number of hydrogen-bond acceptors (Lipinski definition) is 2. The van der Waals surface area contributed by atoms with Crippen LogP contribution in [0.15, 0.2) is 18.2 Å². The molecule has 0 unspecified atom stereocenters. The van der Waals surface area contributed by atoms with Crippen LogP contribution < -0.4 is 10.6 Å². The Morgan fingerprint density at radius 3 is 3.07 bits per heavy atom. The molecule has 2 nitrogen and oxygen atoms in total. The van der Waals surface area contributed by atoms with E-state index in [-0.39, 0.29) is 0 Å². The van der Waals surface area contributed by atoms with Crippen LogP contribution in [0.25, 0.3) is 0 Å². The van der Waals surface area contributed by atoms with Gasteiger partial charge in [-0.05, 0) is 23.6 Å². The number of benzene rings is 1. The zero-order valence-corrected chi connectivity index (χ0v) is 8.93. The number of rotatable bonds is 3. The smallest absolute Gasteiger partial charge is 0.0376 e. The van der Waals surface area contributed by atoms with Gasteiger partial charge in [0.15, 0.2) is 0 Å². The summed E-state index contributed by atoms with van der Waals surface area (Å²) in [7, 11) is 0. The monoisotopic (exact) mass is 190 g/mol. The highest BCUT2D eigenvalue weighted by molar-refractivity contribution is 5.56. The summed E-state index contributed by atoms with van der Waals surface area (Å²) in [6, 6.07) is 7.28. The van der Waals surface area contributed by atoms with E-state index in [0.717, 1.165) is 13.1 Å². The van der Waals surface area contributed by atoms with Gasteiger partial charge in [0.05, 0.1) is 0 Å². The quantitative estimate of drug-likeness (QED) is 0.763. The first-order valence-electron chi connectivity index (χ1n) is 5.35. The maximum atomic E-state index is 3.43. The Bertz CT molecular complexity index is 318. The second kappa shape index (κ2) is 4.01. The van der Waals surface area contributed by atoms with Gasteiger partial charge < -0.3 is 10.6 Å². The second-order valence-corrected chi connectivity index (χ2v) is 4.20. The predicted octanol–water partition coefficient (Wildman–Crippen LogP) is 2.15. The van der Waals surface area contributed by atoms with E-state index in [9.17, 15) is 0 Å². The lowest BCUT2D eigenvalue weighted by Gasteiger charge is -2.09. The Balaban J connectivity index is 2.05. The fourth-order valence-corrected chi connectivity index (χ4v) is 1.77. The molecule has 1 aromatic carbocycles. The van der Waals surface area contributed by atoms with Gasteiger partial charge in [-0.1, -0.05) is 26.0 Å². The Kier molecular flexibility index (Phi) is 2.73. The van der Waals surface area contributed by atoms with Gasteiger partial charge in [0.1, 0.15) is 0 Å². The number of nitrogens with one attached hydrogen (secondary N) is 2. The van der Waals surface area contributed by atoms with Gasteiger partial charge in [-0.25, -0.2) is 0 Å². The zero-order valence-electron chi connectivity index (χ0n) is 8.93. The van der Waals surface area contributed by atoms with Crippen LogP contribution in [0.2, 0.25) is 0 Å². The average Bonchev–Trinajstić information content (AvgIpc) is 2.61. The molecule has 0 bridgehead atoms. The molecule has 2 heteroatoms. The Morgan fingerprint density at radius 2 is 2.29 bits per heavy atom. The molecule has 1 aliphatic rings. The zero-order chi connectivity index (χ0) is 9.97. The summed E-state index contributed by atoms with van der Waals surface area (Å²) < 4.78 is 0. The van der Waals surface area contributed by atoms with Gasteiger partial charge in [0, 0.05) is 24.8 Å². The molecule has 0 aliphatic carbocycles. The largest absolute Gasteiger partial charge is 0.384 e. The minimum atomic E-state index is 0.552. The van der Waals surface area contributed by atoms with E-state index in [1.165, 1.54) is 23.2 Å². The molecular weight excluding hydrogens is 172 g/mol. The molecule has 1 aromatic rings. The van der Waals surface area contributed by atoms with Gasteiger partial charge in [-0.3, -0.25) is 0 Å². The van der Waals surface area contributed by atoms with Gasteiger partial charge in [0.2, 0.25) is 0 Å². The maximum absolute atomic E-state index is 3.43. The molecular formula is C12H18N2. The third kappa shape index (κ3) is 2.07. The van der Waals surface area contributed by atoms with Crippen LogP contribution in [0.3, 0.4) is 0 Å². The van der Waals surface area contributed by atoms with Crippen LogP contribution in [0.4, 0.5) is 5.69 Å². The molecule has 2 rings (SSSR count). The van der Waals surface area contributed by atoms with Crippen LogP contribution in [0.5, 0.6) is 0 Å². The van der Waals surface area contributed by atoms with E-state index in [4.69, 9.17) is 0 Å². The Hall–Kier alpha value is -1.02. The first kappa shape index (κ1) is 9.53. The van der Waals surface area contributed by atoms with Crippen molar-refractivity contribution in [1.82, 2.24) is 5.32 Å². The van der Waals surface area contributed by atoms with E-state index < -0.39 is 0 Å². The van der Waals surface area contributed by atoms with Crippen LogP contribution in [-0.2, 0) is 13.0 Å². The molecule has 0 atom stereocenters. The van der Waals surface area contributed by atoms with E-state index in [2.05, 4.69) is 42.7 Å². The van der Waals surface area contributed by atoms with Crippen molar-refractivity contribution < 1.29 is 0 Å². The SMILES string of the molecule is CC(C)NCc1ccc2c(c1)NCC2. The van der Waals surface area contributed by atoms with Crippen LogP contribution in [0.1, 0.15) is 25.0 Å². The topological polar surface area (TPSA) is 24.1 Å². The summed E-state index contributed by atoms with van der Waals surface area (Å²) in [6.07, 6.45) is 1.17. The fraction of sp³-hybridized carbons (Fsp3) is 0.500. The fourth-order valence-electron chi connectivity index (χ4n) is 1.77. The molecule has 0 radical (unpaired) electrons. The minimum absolute atomic E-state index is 0.552.